The van der Waals surface area contributed by atoms with E-state index in [1.165, 1.54) is 12.2 Å². The number of carbonyl (C=O) groups excluding carboxylic acids is 2. The second-order valence-corrected chi connectivity index (χ2v) is 3.26. The molecule has 0 spiro atoms. The molecule has 0 heterocycles. The number of ketones is 1. The van der Waals surface area contributed by atoms with E-state index in [1.54, 1.807) is 0 Å². The van der Waals surface area contributed by atoms with Crippen LogP contribution >= 0.6 is 0 Å². The Hall–Kier alpha value is -1.71. The van der Waals surface area contributed by atoms with Gasteiger partial charge >= 0.3 is 5.97 Å². The third kappa shape index (κ3) is 10.4. The summed E-state index contributed by atoms with van der Waals surface area (Å²) in [6, 6.07) is 0. The molecule has 4 nitrogen and oxygen atoms in total. The van der Waals surface area contributed by atoms with Crippen LogP contribution in [0.2, 0.25) is 0 Å². The smallest absolute Gasteiger partial charge is 0.303 e. The summed E-state index contributed by atoms with van der Waals surface area (Å²) >= 11 is 0. The van der Waals surface area contributed by atoms with Gasteiger partial charge in [-0.05, 0) is 31.4 Å². The van der Waals surface area contributed by atoms with E-state index in [0.717, 1.165) is 0 Å². The van der Waals surface area contributed by atoms with Crippen LogP contribution < -0.4 is 0 Å². The average Bonchev–Trinajstić information content (AvgIpc) is 2.24. The Kier molecular flexibility index (Phi) is 8.78. The number of unbranched alkanes of at least 4 members (excludes halogenated alkanes) is 1. The van der Waals surface area contributed by atoms with Crippen LogP contribution in [0.4, 0.5) is 0 Å². The molecule has 0 bridgehead atoms. The summed E-state index contributed by atoms with van der Waals surface area (Å²) in [5, 5.41) is 8.37. The highest BCUT2D eigenvalue weighted by molar-refractivity contribution is 5.92. The number of aldehydes is 1. The number of hydrogen-bond donors (Lipinski definition) is 1. The molecular formula is C12H16O4. The first-order chi connectivity index (χ1) is 7.66. The van der Waals surface area contributed by atoms with Crippen molar-refractivity contribution >= 4 is 18.0 Å². The van der Waals surface area contributed by atoms with Gasteiger partial charge in [-0.1, -0.05) is 12.2 Å². The van der Waals surface area contributed by atoms with Gasteiger partial charge in [0.25, 0.3) is 0 Å². The molecule has 0 aromatic carbocycles. The van der Waals surface area contributed by atoms with Crippen molar-refractivity contribution in [2.24, 2.45) is 0 Å². The molecule has 0 aliphatic carbocycles. The van der Waals surface area contributed by atoms with E-state index in [-0.39, 0.29) is 12.2 Å². The van der Waals surface area contributed by atoms with Gasteiger partial charge in [0.1, 0.15) is 6.29 Å². The van der Waals surface area contributed by atoms with E-state index < -0.39 is 5.97 Å². The Morgan fingerprint density at radius 3 is 2.38 bits per heavy atom. The van der Waals surface area contributed by atoms with Crippen LogP contribution in [-0.4, -0.2) is 23.1 Å². The first-order valence-corrected chi connectivity index (χ1v) is 5.18. The number of carbonyl (C=O) groups is 3. The first kappa shape index (κ1) is 14.3. The molecular weight excluding hydrogens is 208 g/mol. The topological polar surface area (TPSA) is 71.4 Å². The molecule has 88 valence electrons. The number of carboxylic acids is 1. The number of aliphatic carboxylic acids is 1. The van der Waals surface area contributed by atoms with Gasteiger partial charge in [-0.2, -0.15) is 0 Å². The van der Waals surface area contributed by atoms with Gasteiger partial charge in [0.15, 0.2) is 5.78 Å². The van der Waals surface area contributed by atoms with Crippen LogP contribution in [-0.2, 0) is 14.4 Å². The van der Waals surface area contributed by atoms with Gasteiger partial charge < -0.3 is 5.11 Å². The standard InChI is InChI=1S/C12H16O4/c13-10-6-8-11(14)7-4-2-1-3-5-9-12(15)16/h1-2,6,8,10H,3-5,7,9H2,(H,15,16)/b2-1+,8-6-. The van der Waals surface area contributed by atoms with Crippen LogP contribution in [0.25, 0.3) is 0 Å². The van der Waals surface area contributed by atoms with Crippen LogP contribution in [0.5, 0.6) is 0 Å². The summed E-state index contributed by atoms with van der Waals surface area (Å²) < 4.78 is 0. The molecule has 1 N–H and O–H groups in total. The highest BCUT2D eigenvalue weighted by atomic mass is 16.4. The SMILES string of the molecule is O=C/C=C\C(=O)CC/C=C/CCCC(=O)O. The lowest BCUT2D eigenvalue weighted by atomic mass is 10.1. The van der Waals surface area contributed by atoms with Crippen molar-refractivity contribution in [2.45, 2.75) is 32.1 Å². The Morgan fingerprint density at radius 2 is 1.75 bits per heavy atom. The Labute approximate surface area is 94.7 Å². The fraction of sp³-hybridized carbons (Fsp3) is 0.417. The van der Waals surface area contributed by atoms with E-state index in [2.05, 4.69) is 0 Å². The van der Waals surface area contributed by atoms with E-state index in [0.29, 0.717) is 32.0 Å². The van der Waals surface area contributed by atoms with Gasteiger partial charge in [0.05, 0.1) is 0 Å². The van der Waals surface area contributed by atoms with E-state index in [1.807, 2.05) is 12.2 Å². The lowest BCUT2D eigenvalue weighted by Gasteiger charge is -1.91. The zero-order valence-corrected chi connectivity index (χ0v) is 9.09. The molecule has 0 aromatic heterocycles. The summed E-state index contributed by atoms with van der Waals surface area (Å²) in [5.41, 5.74) is 0. The lowest BCUT2D eigenvalue weighted by Crippen LogP contribution is -1.92. The summed E-state index contributed by atoms with van der Waals surface area (Å²) in [6.45, 7) is 0. The maximum absolute atomic E-state index is 11.0. The maximum atomic E-state index is 11.0. The van der Waals surface area contributed by atoms with Gasteiger partial charge in [-0.15, -0.1) is 0 Å². The van der Waals surface area contributed by atoms with Crippen molar-refractivity contribution < 1.29 is 19.5 Å². The van der Waals surface area contributed by atoms with Crippen LogP contribution in [0.1, 0.15) is 32.1 Å². The Bertz CT molecular complexity index is 289. The molecule has 4 heteroatoms. The predicted octanol–water partition coefficient (Wildman–Crippen LogP) is 1.90. The normalized spacial score (nSPS) is 11.0. The predicted molar refractivity (Wildman–Crippen MR) is 60.1 cm³/mol. The fourth-order valence-electron chi connectivity index (χ4n) is 1.06. The van der Waals surface area contributed by atoms with Gasteiger partial charge in [-0.3, -0.25) is 14.4 Å². The van der Waals surface area contributed by atoms with Crippen molar-refractivity contribution in [3.8, 4) is 0 Å². The van der Waals surface area contributed by atoms with Gasteiger partial charge in [-0.25, -0.2) is 0 Å². The minimum atomic E-state index is -0.789. The molecule has 0 saturated heterocycles. The zero-order valence-electron chi connectivity index (χ0n) is 9.09. The van der Waals surface area contributed by atoms with E-state index in [9.17, 15) is 14.4 Å². The van der Waals surface area contributed by atoms with Crippen molar-refractivity contribution in [2.75, 3.05) is 0 Å². The Morgan fingerprint density at radius 1 is 1.06 bits per heavy atom. The van der Waals surface area contributed by atoms with Gasteiger partial charge in [0.2, 0.25) is 0 Å². The highest BCUT2D eigenvalue weighted by Crippen LogP contribution is 1.99. The van der Waals surface area contributed by atoms with Crippen molar-refractivity contribution in [3.05, 3.63) is 24.3 Å². The number of rotatable bonds is 9. The molecule has 0 unspecified atom stereocenters. The molecule has 0 aromatic rings. The second-order valence-electron chi connectivity index (χ2n) is 3.26. The third-order valence-electron chi connectivity index (χ3n) is 1.85. The summed E-state index contributed by atoms with van der Waals surface area (Å²) in [4.78, 5) is 31.1. The summed E-state index contributed by atoms with van der Waals surface area (Å²) in [6.07, 6.45) is 9.23. The lowest BCUT2D eigenvalue weighted by molar-refractivity contribution is -0.137. The van der Waals surface area contributed by atoms with Crippen molar-refractivity contribution in [1.82, 2.24) is 0 Å². The number of allylic oxidation sites excluding steroid dienone is 4. The summed E-state index contributed by atoms with van der Waals surface area (Å²) in [7, 11) is 0. The molecule has 0 atom stereocenters. The third-order valence-corrected chi connectivity index (χ3v) is 1.85. The van der Waals surface area contributed by atoms with E-state index >= 15 is 0 Å². The van der Waals surface area contributed by atoms with Crippen LogP contribution in [0.15, 0.2) is 24.3 Å². The maximum Gasteiger partial charge on any atom is 0.303 e. The number of carboxylic acid groups (broad SMARTS) is 1. The second kappa shape index (κ2) is 9.83. The highest BCUT2D eigenvalue weighted by Gasteiger charge is 1.94. The largest absolute Gasteiger partial charge is 0.481 e. The minimum Gasteiger partial charge on any atom is -0.481 e. The average molecular weight is 224 g/mol. The molecule has 0 aliphatic rings. The molecule has 0 aliphatic heterocycles. The summed E-state index contributed by atoms with van der Waals surface area (Å²) in [5.74, 6) is -0.870. The van der Waals surface area contributed by atoms with Crippen LogP contribution in [0, 0.1) is 0 Å². The quantitative estimate of drug-likeness (QED) is 0.281. The van der Waals surface area contributed by atoms with Crippen molar-refractivity contribution in [3.63, 3.8) is 0 Å². The monoisotopic (exact) mass is 224 g/mol. The van der Waals surface area contributed by atoms with E-state index in [4.69, 9.17) is 5.11 Å². The molecule has 0 radical (unpaired) electrons. The van der Waals surface area contributed by atoms with Gasteiger partial charge in [0, 0.05) is 12.8 Å². The minimum absolute atomic E-state index is 0.0812. The molecule has 0 saturated carbocycles. The molecule has 0 fully saturated rings. The number of hydrogen-bond acceptors (Lipinski definition) is 3. The van der Waals surface area contributed by atoms with Crippen LogP contribution in [0.3, 0.4) is 0 Å². The molecule has 0 amide bonds. The zero-order chi connectivity index (χ0) is 12.2. The Balaban J connectivity index is 3.47. The first-order valence-electron chi connectivity index (χ1n) is 5.18. The fourth-order valence-corrected chi connectivity index (χ4v) is 1.06. The molecule has 0 rings (SSSR count). The van der Waals surface area contributed by atoms with Crippen molar-refractivity contribution in [1.29, 1.82) is 0 Å². The molecule has 16 heavy (non-hydrogen) atoms.